The van der Waals surface area contributed by atoms with Gasteiger partial charge < -0.3 is 14.2 Å². The van der Waals surface area contributed by atoms with Crippen molar-refractivity contribution < 1.29 is 19.0 Å². The second-order valence-corrected chi connectivity index (χ2v) is 4.31. The van der Waals surface area contributed by atoms with Crippen molar-refractivity contribution in [3.05, 3.63) is 23.8 Å². The lowest BCUT2D eigenvalue weighted by Crippen LogP contribution is -2.13. The highest BCUT2D eigenvalue weighted by Crippen LogP contribution is 2.28. The van der Waals surface area contributed by atoms with Gasteiger partial charge >= 0.3 is 0 Å². The van der Waals surface area contributed by atoms with Crippen LogP contribution in [0.15, 0.2) is 18.2 Å². The predicted molar refractivity (Wildman–Crippen MR) is 74.2 cm³/mol. The third-order valence-corrected chi connectivity index (χ3v) is 2.41. The Morgan fingerprint density at radius 1 is 1.11 bits per heavy atom. The predicted octanol–water partition coefficient (Wildman–Crippen LogP) is 3.09. The summed E-state index contributed by atoms with van der Waals surface area (Å²) in [6.45, 7) is 8.77. The summed E-state index contributed by atoms with van der Waals surface area (Å²) in [6.07, 6.45) is 0.0398. The minimum absolute atomic E-state index is 0.0398. The maximum atomic E-state index is 12.0. The normalized spacial score (nSPS) is 10.6. The summed E-state index contributed by atoms with van der Waals surface area (Å²) < 4.78 is 16.3. The van der Waals surface area contributed by atoms with Crippen molar-refractivity contribution in [2.45, 2.75) is 33.8 Å². The molecule has 19 heavy (non-hydrogen) atoms. The van der Waals surface area contributed by atoms with E-state index >= 15 is 0 Å². The number of carbonyl (C=O) groups excluding carboxylic acids is 1. The van der Waals surface area contributed by atoms with Crippen molar-refractivity contribution >= 4 is 5.78 Å². The molecule has 4 heteroatoms. The summed E-state index contributed by atoms with van der Waals surface area (Å²) in [5, 5.41) is 0. The van der Waals surface area contributed by atoms with Gasteiger partial charge in [-0.15, -0.1) is 0 Å². The zero-order chi connectivity index (χ0) is 14.3. The molecule has 0 N–H and O–H groups in total. The van der Waals surface area contributed by atoms with Crippen LogP contribution in [-0.4, -0.2) is 31.7 Å². The number of ether oxygens (including phenoxy) is 3. The Bertz CT molecular complexity index is 413. The molecule has 0 aromatic heterocycles. The van der Waals surface area contributed by atoms with E-state index in [4.69, 9.17) is 14.2 Å². The third-order valence-electron chi connectivity index (χ3n) is 2.41. The van der Waals surface area contributed by atoms with Gasteiger partial charge in [-0.05, 0) is 45.9 Å². The van der Waals surface area contributed by atoms with Gasteiger partial charge in [0.25, 0.3) is 0 Å². The first-order valence-corrected chi connectivity index (χ1v) is 6.62. The van der Waals surface area contributed by atoms with Crippen LogP contribution in [0.25, 0.3) is 0 Å². The maximum absolute atomic E-state index is 12.0. The van der Waals surface area contributed by atoms with Gasteiger partial charge in [0.1, 0.15) is 6.61 Å². The Morgan fingerprint density at radius 2 is 1.74 bits per heavy atom. The highest BCUT2D eigenvalue weighted by atomic mass is 16.5. The monoisotopic (exact) mass is 266 g/mol. The van der Waals surface area contributed by atoms with E-state index in [1.165, 1.54) is 0 Å². The van der Waals surface area contributed by atoms with Crippen LogP contribution in [0.2, 0.25) is 0 Å². The van der Waals surface area contributed by atoms with Crippen molar-refractivity contribution in [1.82, 2.24) is 0 Å². The molecule has 0 bridgehead atoms. The summed E-state index contributed by atoms with van der Waals surface area (Å²) in [6, 6.07) is 5.21. The quantitative estimate of drug-likeness (QED) is 0.678. The van der Waals surface area contributed by atoms with E-state index in [1.54, 1.807) is 18.2 Å². The SMILES string of the molecule is CCOc1ccc(C(=O)COC(C)C)cc1OCC. The molecule has 0 unspecified atom stereocenters. The molecule has 0 spiro atoms. The number of ketones is 1. The minimum Gasteiger partial charge on any atom is -0.490 e. The van der Waals surface area contributed by atoms with E-state index in [-0.39, 0.29) is 18.5 Å². The molecule has 0 radical (unpaired) electrons. The van der Waals surface area contributed by atoms with Crippen LogP contribution in [-0.2, 0) is 4.74 Å². The molecule has 0 saturated heterocycles. The van der Waals surface area contributed by atoms with E-state index in [0.717, 1.165) is 0 Å². The molecular formula is C15H22O4. The molecule has 0 aliphatic heterocycles. The lowest BCUT2D eigenvalue weighted by Gasteiger charge is -2.12. The number of hydrogen-bond acceptors (Lipinski definition) is 4. The van der Waals surface area contributed by atoms with Gasteiger partial charge in [0.2, 0.25) is 0 Å². The number of rotatable bonds is 8. The van der Waals surface area contributed by atoms with Crippen LogP contribution >= 0.6 is 0 Å². The molecule has 0 fully saturated rings. The molecule has 1 aromatic carbocycles. The molecule has 0 heterocycles. The van der Waals surface area contributed by atoms with E-state index in [0.29, 0.717) is 30.3 Å². The lowest BCUT2D eigenvalue weighted by molar-refractivity contribution is 0.0584. The Kier molecular flexibility index (Phi) is 6.36. The first kappa shape index (κ1) is 15.5. The topological polar surface area (TPSA) is 44.8 Å². The van der Waals surface area contributed by atoms with Gasteiger partial charge in [-0.2, -0.15) is 0 Å². The van der Waals surface area contributed by atoms with E-state index in [1.807, 2.05) is 27.7 Å². The van der Waals surface area contributed by atoms with Crippen molar-refractivity contribution in [2.24, 2.45) is 0 Å². The van der Waals surface area contributed by atoms with Crippen molar-refractivity contribution in [3.8, 4) is 11.5 Å². The minimum atomic E-state index is -0.0577. The molecular weight excluding hydrogens is 244 g/mol. The molecule has 0 aliphatic rings. The van der Waals surface area contributed by atoms with Gasteiger partial charge in [-0.25, -0.2) is 0 Å². The highest BCUT2D eigenvalue weighted by Gasteiger charge is 2.12. The number of hydrogen-bond donors (Lipinski definition) is 0. The smallest absolute Gasteiger partial charge is 0.188 e. The van der Waals surface area contributed by atoms with Crippen molar-refractivity contribution in [3.63, 3.8) is 0 Å². The lowest BCUT2D eigenvalue weighted by atomic mass is 10.1. The largest absolute Gasteiger partial charge is 0.490 e. The summed E-state index contributed by atoms with van der Waals surface area (Å²) in [7, 11) is 0. The number of benzene rings is 1. The van der Waals surface area contributed by atoms with Crippen molar-refractivity contribution in [2.75, 3.05) is 19.8 Å². The van der Waals surface area contributed by atoms with Crippen LogP contribution in [0.1, 0.15) is 38.1 Å². The Hall–Kier alpha value is -1.55. The molecule has 0 atom stereocenters. The Balaban J connectivity index is 2.84. The van der Waals surface area contributed by atoms with E-state index < -0.39 is 0 Å². The second kappa shape index (κ2) is 7.79. The number of Topliss-reactive ketones (excluding diaryl/α,β-unsaturated/α-hetero) is 1. The standard InChI is InChI=1S/C15H22O4/c1-5-17-14-8-7-12(9-15(14)18-6-2)13(16)10-19-11(3)4/h7-9,11H,5-6,10H2,1-4H3. The molecule has 1 aromatic rings. The van der Waals surface area contributed by atoms with Crippen LogP contribution in [0.4, 0.5) is 0 Å². The van der Waals surface area contributed by atoms with E-state index in [2.05, 4.69) is 0 Å². The van der Waals surface area contributed by atoms with Crippen LogP contribution < -0.4 is 9.47 Å². The molecule has 0 aliphatic carbocycles. The number of carbonyl (C=O) groups is 1. The maximum Gasteiger partial charge on any atom is 0.188 e. The van der Waals surface area contributed by atoms with Gasteiger partial charge in [-0.1, -0.05) is 0 Å². The molecule has 106 valence electrons. The molecule has 0 saturated carbocycles. The fraction of sp³-hybridized carbons (Fsp3) is 0.533. The van der Waals surface area contributed by atoms with Gasteiger partial charge in [0.05, 0.1) is 19.3 Å². The zero-order valence-electron chi connectivity index (χ0n) is 12.1. The van der Waals surface area contributed by atoms with Crippen LogP contribution in [0, 0.1) is 0 Å². The van der Waals surface area contributed by atoms with Gasteiger partial charge in [0, 0.05) is 5.56 Å². The Labute approximate surface area is 114 Å². The summed E-state index contributed by atoms with van der Waals surface area (Å²) >= 11 is 0. The van der Waals surface area contributed by atoms with Crippen molar-refractivity contribution in [1.29, 1.82) is 0 Å². The third kappa shape index (κ3) is 4.91. The van der Waals surface area contributed by atoms with Gasteiger partial charge in [0.15, 0.2) is 17.3 Å². The second-order valence-electron chi connectivity index (χ2n) is 4.31. The Morgan fingerprint density at radius 3 is 2.32 bits per heavy atom. The summed E-state index contributed by atoms with van der Waals surface area (Å²) in [5.41, 5.74) is 0.576. The molecule has 4 nitrogen and oxygen atoms in total. The average molecular weight is 266 g/mol. The fourth-order valence-electron chi connectivity index (χ4n) is 1.55. The fourth-order valence-corrected chi connectivity index (χ4v) is 1.55. The van der Waals surface area contributed by atoms with E-state index in [9.17, 15) is 4.79 Å². The highest BCUT2D eigenvalue weighted by molar-refractivity contribution is 5.97. The molecule has 1 rings (SSSR count). The average Bonchev–Trinajstić information content (AvgIpc) is 2.38. The summed E-state index contributed by atoms with van der Waals surface area (Å²) in [4.78, 5) is 12.0. The van der Waals surface area contributed by atoms with Crippen LogP contribution in [0.5, 0.6) is 11.5 Å². The first-order chi connectivity index (χ1) is 9.08. The molecule has 0 amide bonds. The first-order valence-electron chi connectivity index (χ1n) is 6.62. The van der Waals surface area contributed by atoms with Crippen LogP contribution in [0.3, 0.4) is 0 Å². The van der Waals surface area contributed by atoms with Gasteiger partial charge in [-0.3, -0.25) is 4.79 Å². The zero-order valence-corrected chi connectivity index (χ0v) is 12.1. The summed E-state index contributed by atoms with van der Waals surface area (Å²) in [5.74, 6) is 1.20.